The first-order valence-electron chi connectivity index (χ1n) is 8.11. The van der Waals surface area contributed by atoms with Gasteiger partial charge in [0.25, 0.3) is 0 Å². The van der Waals surface area contributed by atoms with Crippen LogP contribution in [0.5, 0.6) is 0 Å². The number of carbonyl (C=O) groups is 1. The van der Waals surface area contributed by atoms with Gasteiger partial charge in [-0.05, 0) is 51.7 Å². The Kier molecular flexibility index (Phi) is 5.47. The van der Waals surface area contributed by atoms with E-state index >= 15 is 0 Å². The second-order valence-corrected chi connectivity index (χ2v) is 8.62. The number of carbonyl (C=O) groups excluding carboxylic acids is 1. The molecule has 0 bridgehead atoms. The Morgan fingerprint density at radius 3 is 2.43 bits per heavy atom. The number of hydrogen-bond donors (Lipinski definition) is 1. The molecule has 1 fully saturated rings. The summed E-state index contributed by atoms with van der Waals surface area (Å²) in [5, 5.41) is 3.01. The molecule has 0 saturated carbocycles. The summed E-state index contributed by atoms with van der Waals surface area (Å²) in [6.07, 6.45) is 1.45. The van der Waals surface area contributed by atoms with E-state index in [4.69, 9.17) is 0 Å². The molecule has 0 aromatic heterocycles. The number of nitrogens with zero attached hydrogens (tertiary/aromatic N) is 1. The van der Waals surface area contributed by atoms with Crippen molar-refractivity contribution >= 4 is 21.6 Å². The van der Waals surface area contributed by atoms with Crippen molar-refractivity contribution in [2.24, 2.45) is 5.92 Å². The fourth-order valence-electron chi connectivity index (χ4n) is 3.19. The highest BCUT2D eigenvalue weighted by atomic mass is 32.2. The summed E-state index contributed by atoms with van der Waals surface area (Å²) in [4.78, 5) is 12.6. The zero-order chi connectivity index (χ0) is 17.2. The van der Waals surface area contributed by atoms with Crippen molar-refractivity contribution in [3.8, 4) is 0 Å². The fraction of sp³-hybridized carbons (Fsp3) is 0.588. The molecular weight excluding hydrogens is 312 g/mol. The second kappa shape index (κ2) is 7.01. The third-order valence-electron chi connectivity index (χ3n) is 4.44. The molecule has 1 amide bonds. The number of piperidine rings is 1. The number of sulfonamides is 1. The predicted octanol–water partition coefficient (Wildman–Crippen LogP) is 2.61. The van der Waals surface area contributed by atoms with Crippen LogP contribution in [-0.2, 0) is 14.8 Å². The van der Waals surface area contributed by atoms with Gasteiger partial charge in [-0.3, -0.25) is 4.79 Å². The van der Waals surface area contributed by atoms with Crippen molar-refractivity contribution in [3.05, 3.63) is 28.8 Å². The van der Waals surface area contributed by atoms with E-state index in [1.807, 2.05) is 32.9 Å². The molecule has 2 rings (SSSR count). The maximum Gasteiger partial charge on any atom is 0.228 e. The largest absolute Gasteiger partial charge is 0.325 e. The van der Waals surface area contributed by atoms with Gasteiger partial charge < -0.3 is 5.32 Å². The molecule has 1 aliphatic heterocycles. The quantitative estimate of drug-likeness (QED) is 0.918. The van der Waals surface area contributed by atoms with Crippen LogP contribution in [0.1, 0.15) is 36.5 Å². The molecule has 1 aliphatic rings. The first kappa shape index (κ1) is 17.9. The van der Waals surface area contributed by atoms with Crippen LogP contribution in [-0.4, -0.2) is 37.5 Å². The molecule has 1 atom stereocenters. The Labute approximate surface area is 139 Å². The molecule has 0 radical (unpaired) electrons. The van der Waals surface area contributed by atoms with Gasteiger partial charge in [-0.25, -0.2) is 12.7 Å². The number of benzene rings is 1. The van der Waals surface area contributed by atoms with Crippen LogP contribution in [0.3, 0.4) is 0 Å². The van der Waals surface area contributed by atoms with Crippen LogP contribution >= 0.6 is 0 Å². The van der Waals surface area contributed by atoms with E-state index in [0.29, 0.717) is 6.54 Å². The zero-order valence-corrected chi connectivity index (χ0v) is 15.2. The van der Waals surface area contributed by atoms with E-state index in [-0.39, 0.29) is 24.1 Å². The SMILES string of the molecule is CCS(=O)(=O)N1CCC[C@@H](C(=O)Nc2c(C)cc(C)cc2C)C1. The minimum Gasteiger partial charge on any atom is -0.325 e. The number of aryl methyl sites for hydroxylation is 3. The number of anilines is 1. The third-order valence-corrected chi connectivity index (χ3v) is 6.29. The highest BCUT2D eigenvalue weighted by Gasteiger charge is 2.31. The lowest BCUT2D eigenvalue weighted by atomic mass is 9.98. The lowest BCUT2D eigenvalue weighted by Gasteiger charge is -2.31. The summed E-state index contributed by atoms with van der Waals surface area (Å²) in [6, 6.07) is 4.08. The highest BCUT2D eigenvalue weighted by molar-refractivity contribution is 7.89. The van der Waals surface area contributed by atoms with E-state index < -0.39 is 10.0 Å². The van der Waals surface area contributed by atoms with Crippen LogP contribution in [0, 0.1) is 26.7 Å². The van der Waals surface area contributed by atoms with Gasteiger partial charge in [-0.2, -0.15) is 0 Å². The minimum absolute atomic E-state index is 0.0809. The summed E-state index contributed by atoms with van der Waals surface area (Å²) in [5.74, 6) is -0.293. The molecule has 0 unspecified atom stereocenters. The standard InChI is InChI=1S/C17H26N2O3S/c1-5-23(21,22)19-8-6-7-15(11-19)17(20)18-16-13(3)9-12(2)10-14(16)4/h9-10,15H,5-8,11H2,1-4H3,(H,18,20)/t15-/m1/s1. The normalized spacial score (nSPS) is 19.6. The highest BCUT2D eigenvalue weighted by Crippen LogP contribution is 2.25. The summed E-state index contributed by atoms with van der Waals surface area (Å²) < 4.78 is 25.5. The fourth-order valence-corrected chi connectivity index (χ4v) is 4.37. The molecule has 1 saturated heterocycles. The molecular formula is C17H26N2O3S. The average molecular weight is 338 g/mol. The molecule has 0 aliphatic carbocycles. The lowest BCUT2D eigenvalue weighted by molar-refractivity contribution is -0.120. The van der Waals surface area contributed by atoms with Crippen molar-refractivity contribution in [2.45, 2.75) is 40.5 Å². The van der Waals surface area contributed by atoms with E-state index in [2.05, 4.69) is 5.32 Å². The smallest absolute Gasteiger partial charge is 0.228 e. The number of hydrogen-bond acceptors (Lipinski definition) is 3. The first-order valence-corrected chi connectivity index (χ1v) is 9.72. The van der Waals surface area contributed by atoms with Crippen molar-refractivity contribution in [1.82, 2.24) is 4.31 Å². The maximum atomic E-state index is 12.6. The monoisotopic (exact) mass is 338 g/mol. The molecule has 1 aromatic carbocycles. The van der Waals surface area contributed by atoms with E-state index in [1.54, 1.807) is 6.92 Å². The zero-order valence-electron chi connectivity index (χ0n) is 14.3. The number of nitrogens with one attached hydrogen (secondary N) is 1. The predicted molar refractivity (Wildman–Crippen MR) is 93.0 cm³/mol. The summed E-state index contributed by atoms with van der Waals surface area (Å²) >= 11 is 0. The number of amides is 1. The number of rotatable bonds is 4. The second-order valence-electron chi connectivity index (χ2n) is 6.36. The first-order chi connectivity index (χ1) is 10.7. The summed E-state index contributed by atoms with van der Waals surface area (Å²) in [7, 11) is -3.23. The Morgan fingerprint density at radius 2 is 1.87 bits per heavy atom. The molecule has 1 N–H and O–H groups in total. The van der Waals surface area contributed by atoms with Gasteiger partial charge in [-0.15, -0.1) is 0 Å². The van der Waals surface area contributed by atoms with E-state index in [1.165, 1.54) is 4.31 Å². The average Bonchev–Trinajstić information content (AvgIpc) is 2.50. The Bertz CT molecular complexity index is 675. The Balaban J connectivity index is 2.12. The van der Waals surface area contributed by atoms with Crippen molar-refractivity contribution in [2.75, 3.05) is 24.2 Å². The van der Waals surface area contributed by atoms with Gasteiger partial charge >= 0.3 is 0 Å². The van der Waals surface area contributed by atoms with Crippen LogP contribution in [0.2, 0.25) is 0 Å². The Morgan fingerprint density at radius 1 is 1.26 bits per heavy atom. The molecule has 23 heavy (non-hydrogen) atoms. The molecule has 1 heterocycles. The molecule has 5 nitrogen and oxygen atoms in total. The van der Waals surface area contributed by atoms with Crippen LogP contribution in [0.4, 0.5) is 5.69 Å². The molecule has 6 heteroatoms. The van der Waals surface area contributed by atoms with Crippen molar-refractivity contribution in [1.29, 1.82) is 0 Å². The van der Waals surface area contributed by atoms with Gasteiger partial charge in [0.1, 0.15) is 0 Å². The van der Waals surface area contributed by atoms with E-state index in [0.717, 1.165) is 35.2 Å². The molecule has 0 spiro atoms. The van der Waals surface area contributed by atoms with E-state index in [9.17, 15) is 13.2 Å². The van der Waals surface area contributed by atoms with Gasteiger partial charge in [0.2, 0.25) is 15.9 Å². The summed E-state index contributed by atoms with van der Waals surface area (Å²) in [6.45, 7) is 8.42. The van der Waals surface area contributed by atoms with Crippen molar-refractivity contribution < 1.29 is 13.2 Å². The van der Waals surface area contributed by atoms with Crippen LogP contribution in [0.15, 0.2) is 12.1 Å². The Hall–Kier alpha value is -1.40. The molecule has 1 aromatic rings. The van der Waals surface area contributed by atoms with Crippen LogP contribution in [0.25, 0.3) is 0 Å². The van der Waals surface area contributed by atoms with Crippen molar-refractivity contribution in [3.63, 3.8) is 0 Å². The van der Waals surface area contributed by atoms with Crippen LogP contribution < -0.4 is 5.32 Å². The van der Waals surface area contributed by atoms with Gasteiger partial charge in [0.15, 0.2) is 0 Å². The summed E-state index contributed by atoms with van der Waals surface area (Å²) in [5.41, 5.74) is 4.07. The van der Waals surface area contributed by atoms with Gasteiger partial charge in [0.05, 0.1) is 11.7 Å². The third kappa shape index (κ3) is 4.12. The van der Waals surface area contributed by atoms with Gasteiger partial charge in [0, 0.05) is 18.8 Å². The van der Waals surface area contributed by atoms with Gasteiger partial charge in [-0.1, -0.05) is 17.7 Å². The topological polar surface area (TPSA) is 66.5 Å². The lowest BCUT2D eigenvalue weighted by Crippen LogP contribution is -2.44. The minimum atomic E-state index is -3.23. The maximum absolute atomic E-state index is 12.6. The molecule has 128 valence electrons.